The van der Waals surface area contributed by atoms with Gasteiger partial charge < -0.3 is 10.1 Å². The van der Waals surface area contributed by atoms with Gasteiger partial charge in [0.2, 0.25) is 0 Å². The summed E-state index contributed by atoms with van der Waals surface area (Å²) in [7, 11) is 0. The van der Waals surface area contributed by atoms with Gasteiger partial charge in [0.05, 0.1) is 16.9 Å². The molecule has 3 rings (SSSR count). The summed E-state index contributed by atoms with van der Waals surface area (Å²) < 4.78 is 78.9. The summed E-state index contributed by atoms with van der Waals surface area (Å²) in [6, 6.07) is 8.53. The molecule has 1 heterocycles. The topological polar surface area (TPSA) is 81.9 Å². The molecule has 152 valence electrons. The zero-order valence-electron chi connectivity index (χ0n) is 14.0. The molecule has 29 heavy (non-hydrogen) atoms. The van der Waals surface area contributed by atoms with E-state index < -0.39 is 35.6 Å². The third kappa shape index (κ3) is 5.00. The molecule has 0 saturated heterocycles. The summed E-state index contributed by atoms with van der Waals surface area (Å²) in [4.78, 5) is 13.0. The Morgan fingerprint density at radius 3 is 2.24 bits per heavy atom. The normalized spacial score (nSPS) is 11.9. The van der Waals surface area contributed by atoms with E-state index in [1.807, 2.05) is 0 Å². The number of hydrogen-bond donors (Lipinski definition) is 1. The van der Waals surface area contributed by atoms with E-state index in [4.69, 9.17) is 0 Å². The highest BCUT2D eigenvalue weighted by molar-refractivity contribution is 6.02. The van der Waals surface area contributed by atoms with Gasteiger partial charge >= 0.3 is 12.5 Å². The van der Waals surface area contributed by atoms with Crippen LogP contribution in [0.15, 0.2) is 48.5 Å². The van der Waals surface area contributed by atoms with Gasteiger partial charge in [-0.25, -0.2) is 0 Å². The van der Waals surface area contributed by atoms with Crippen molar-refractivity contribution in [2.45, 2.75) is 12.5 Å². The number of hydrogen-bond acceptors (Lipinski definition) is 5. The van der Waals surface area contributed by atoms with E-state index >= 15 is 0 Å². The summed E-state index contributed by atoms with van der Waals surface area (Å²) in [6.07, 6.45) is -9.49. The Bertz CT molecular complexity index is 1010. The van der Waals surface area contributed by atoms with E-state index in [2.05, 4.69) is 25.5 Å². The fourth-order valence-corrected chi connectivity index (χ4v) is 2.16. The number of carbonyl (C=O) groups is 1. The van der Waals surface area contributed by atoms with Crippen LogP contribution < -0.4 is 10.1 Å². The van der Waals surface area contributed by atoms with Crippen molar-refractivity contribution < 1.29 is 35.9 Å². The number of aromatic nitrogens is 4. The Morgan fingerprint density at radius 1 is 0.966 bits per heavy atom. The molecule has 0 aliphatic rings. The van der Waals surface area contributed by atoms with Crippen molar-refractivity contribution in [1.29, 1.82) is 0 Å². The molecule has 2 aromatic carbocycles. The first-order valence-electron chi connectivity index (χ1n) is 7.67. The second-order valence-corrected chi connectivity index (χ2v) is 5.45. The van der Waals surface area contributed by atoms with Crippen molar-refractivity contribution in [3.8, 4) is 11.4 Å². The number of carbonyl (C=O) groups excluding carboxylic acids is 1. The van der Waals surface area contributed by atoms with E-state index in [1.54, 1.807) is 0 Å². The van der Waals surface area contributed by atoms with E-state index in [1.165, 1.54) is 18.2 Å². The van der Waals surface area contributed by atoms with E-state index in [-0.39, 0.29) is 11.4 Å². The molecule has 0 aliphatic carbocycles. The smallest absolute Gasteiger partial charge is 0.404 e. The Labute approximate surface area is 157 Å². The van der Waals surface area contributed by atoms with Crippen LogP contribution in [0.25, 0.3) is 5.69 Å². The number of halogens is 6. The number of benzene rings is 2. The number of ether oxygens (including phenoxy) is 1. The molecule has 0 unspecified atom stereocenters. The molecule has 7 nitrogen and oxygen atoms in total. The van der Waals surface area contributed by atoms with Crippen LogP contribution in [0.4, 0.5) is 32.0 Å². The average Bonchev–Trinajstić information content (AvgIpc) is 3.12. The highest BCUT2D eigenvalue weighted by Crippen LogP contribution is 2.30. The molecule has 0 radical (unpaired) electrons. The predicted octanol–water partition coefficient (Wildman–Crippen LogP) is 3.83. The quantitative estimate of drug-likeness (QED) is 0.653. The highest BCUT2D eigenvalue weighted by atomic mass is 19.4. The third-order valence-corrected chi connectivity index (χ3v) is 3.40. The van der Waals surface area contributed by atoms with Crippen molar-refractivity contribution in [3.63, 3.8) is 0 Å². The number of nitrogens with one attached hydrogen (secondary N) is 1. The first-order chi connectivity index (χ1) is 13.5. The molecule has 1 aromatic heterocycles. The van der Waals surface area contributed by atoms with E-state index in [0.29, 0.717) is 0 Å². The summed E-state index contributed by atoms with van der Waals surface area (Å²) in [6.45, 7) is 0. The lowest BCUT2D eigenvalue weighted by Crippen LogP contribution is -2.20. The van der Waals surface area contributed by atoms with Gasteiger partial charge in [-0.15, -0.1) is 28.2 Å². The second kappa shape index (κ2) is 7.41. The minimum absolute atomic E-state index is 0.0883. The summed E-state index contributed by atoms with van der Waals surface area (Å²) in [5.41, 5.74) is -1.09. The van der Waals surface area contributed by atoms with Gasteiger partial charge in [-0.1, -0.05) is 12.1 Å². The van der Waals surface area contributed by atoms with Gasteiger partial charge in [0.25, 0.3) is 11.7 Å². The molecule has 1 N–H and O–H groups in total. The van der Waals surface area contributed by atoms with Crippen LogP contribution in [0.5, 0.6) is 5.75 Å². The number of anilines is 1. The lowest BCUT2D eigenvalue weighted by molar-refractivity contribution is -0.274. The fourth-order valence-electron chi connectivity index (χ4n) is 2.16. The number of nitrogens with zero attached hydrogens (tertiary/aromatic N) is 4. The largest absolute Gasteiger partial charge is 0.573 e. The van der Waals surface area contributed by atoms with Gasteiger partial charge in [-0.3, -0.25) is 4.79 Å². The molecule has 0 fully saturated rings. The van der Waals surface area contributed by atoms with Crippen LogP contribution in [0.1, 0.15) is 16.2 Å². The summed E-state index contributed by atoms with van der Waals surface area (Å²) >= 11 is 0. The van der Waals surface area contributed by atoms with Crippen molar-refractivity contribution >= 4 is 11.6 Å². The number of alkyl halides is 6. The van der Waals surface area contributed by atoms with Gasteiger partial charge in [-0.2, -0.15) is 13.2 Å². The van der Waals surface area contributed by atoms with Crippen molar-refractivity contribution in [2.75, 3.05) is 5.32 Å². The summed E-state index contributed by atoms with van der Waals surface area (Å²) in [5, 5.41) is 12.9. The van der Waals surface area contributed by atoms with E-state index in [9.17, 15) is 31.1 Å². The fraction of sp³-hybridized carbons (Fsp3) is 0.125. The van der Waals surface area contributed by atoms with Crippen LogP contribution in [-0.4, -0.2) is 32.5 Å². The van der Waals surface area contributed by atoms with Crippen molar-refractivity contribution in [2.24, 2.45) is 0 Å². The standard InChI is InChI=1S/C16H9F6N5O2/c17-15(18,19)9-5-7-10(8-6-9)27-25-13(24-26-27)14(28)23-11-3-1-2-4-12(11)29-16(20,21)22/h1-8H,(H,23,28). The number of tetrazole rings is 1. The third-order valence-electron chi connectivity index (χ3n) is 3.40. The Balaban J connectivity index is 1.77. The number of para-hydroxylation sites is 2. The minimum Gasteiger partial charge on any atom is -0.404 e. The first kappa shape index (κ1) is 20.1. The maximum absolute atomic E-state index is 12.6. The SMILES string of the molecule is O=C(Nc1ccccc1OC(F)(F)F)c1nnn(-c2ccc(C(F)(F)F)cc2)n1. The zero-order chi connectivity index (χ0) is 21.2. The van der Waals surface area contributed by atoms with E-state index in [0.717, 1.165) is 35.1 Å². The molecule has 0 spiro atoms. The second-order valence-electron chi connectivity index (χ2n) is 5.45. The number of rotatable bonds is 4. The summed E-state index contributed by atoms with van der Waals surface area (Å²) in [5.74, 6) is -2.17. The minimum atomic E-state index is -4.97. The lowest BCUT2D eigenvalue weighted by Gasteiger charge is -2.12. The van der Waals surface area contributed by atoms with Crippen LogP contribution in [-0.2, 0) is 6.18 Å². The molecular weight excluding hydrogens is 408 g/mol. The van der Waals surface area contributed by atoms with Gasteiger partial charge in [0.15, 0.2) is 5.75 Å². The molecule has 0 atom stereocenters. The average molecular weight is 417 g/mol. The van der Waals surface area contributed by atoms with Crippen LogP contribution in [0, 0.1) is 0 Å². The van der Waals surface area contributed by atoms with Crippen molar-refractivity contribution in [1.82, 2.24) is 20.2 Å². The van der Waals surface area contributed by atoms with Gasteiger partial charge in [-0.05, 0) is 41.6 Å². The Morgan fingerprint density at radius 2 is 1.62 bits per heavy atom. The maximum atomic E-state index is 12.6. The van der Waals surface area contributed by atoms with Crippen LogP contribution >= 0.6 is 0 Å². The monoisotopic (exact) mass is 417 g/mol. The number of amides is 1. The molecule has 0 bridgehead atoms. The zero-order valence-corrected chi connectivity index (χ0v) is 14.0. The maximum Gasteiger partial charge on any atom is 0.573 e. The molecule has 0 aliphatic heterocycles. The molecule has 1 amide bonds. The highest BCUT2D eigenvalue weighted by Gasteiger charge is 2.32. The van der Waals surface area contributed by atoms with Gasteiger partial charge in [0.1, 0.15) is 0 Å². The van der Waals surface area contributed by atoms with Crippen molar-refractivity contribution in [3.05, 3.63) is 59.9 Å². The molecular formula is C16H9F6N5O2. The first-order valence-corrected chi connectivity index (χ1v) is 7.67. The van der Waals surface area contributed by atoms with Gasteiger partial charge in [0, 0.05) is 0 Å². The Hall–Kier alpha value is -3.64. The molecule has 0 saturated carbocycles. The molecule has 3 aromatic rings. The Kier molecular flexibility index (Phi) is 5.14. The lowest BCUT2D eigenvalue weighted by atomic mass is 10.2. The van der Waals surface area contributed by atoms with Crippen LogP contribution in [0.3, 0.4) is 0 Å². The molecule has 13 heteroatoms. The van der Waals surface area contributed by atoms with Crippen LogP contribution in [0.2, 0.25) is 0 Å². The predicted molar refractivity (Wildman–Crippen MR) is 85.2 cm³/mol.